The van der Waals surface area contributed by atoms with E-state index in [2.05, 4.69) is 43.0 Å². The minimum absolute atomic E-state index is 0.717. The Labute approximate surface area is 86.3 Å². The Kier molecular flexibility index (Phi) is 4.14. The number of imidazole rings is 1. The van der Waals surface area contributed by atoms with E-state index in [0.29, 0.717) is 5.92 Å². The summed E-state index contributed by atoms with van der Waals surface area (Å²) in [5, 5.41) is 3.43. The molecule has 80 valence electrons. The van der Waals surface area contributed by atoms with Crippen molar-refractivity contribution in [1.82, 2.24) is 15.3 Å². The van der Waals surface area contributed by atoms with Gasteiger partial charge in [0.15, 0.2) is 0 Å². The number of hydrogen-bond acceptors (Lipinski definition) is 2. The largest absolute Gasteiger partial charge is 0.348 e. The van der Waals surface area contributed by atoms with Crippen molar-refractivity contribution < 1.29 is 0 Å². The summed E-state index contributed by atoms with van der Waals surface area (Å²) in [6.45, 7) is 10.8. The van der Waals surface area contributed by atoms with Crippen molar-refractivity contribution in [2.24, 2.45) is 11.8 Å². The summed E-state index contributed by atoms with van der Waals surface area (Å²) in [7, 11) is 0. The predicted molar refractivity (Wildman–Crippen MR) is 59.0 cm³/mol. The summed E-state index contributed by atoms with van der Waals surface area (Å²) in [4.78, 5) is 7.32. The van der Waals surface area contributed by atoms with Crippen LogP contribution in [-0.4, -0.2) is 16.5 Å². The molecular formula is C11H21N3. The third-order valence-electron chi connectivity index (χ3n) is 2.83. The van der Waals surface area contributed by atoms with Crippen LogP contribution in [0.2, 0.25) is 0 Å². The molecule has 14 heavy (non-hydrogen) atoms. The minimum atomic E-state index is 0.717. The van der Waals surface area contributed by atoms with E-state index < -0.39 is 0 Å². The number of rotatable bonds is 5. The maximum Gasteiger partial charge on any atom is 0.0925 e. The Bertz CT molecular complexity index is 265. The van der Waals surface area contributed by atoms with Crippen LogP contribution in [0, 0.1) is 18.8 Å². The summed E-state index contributed by atoms with van der Waals surface area (Å²) < 4.78 is 0. The molecule has 0 fully saturated rings. The quantitative estimate of drug-likeness (QED) is 0.755. The lowest BCUT2D eigenvalue weighted by atomic mass is 9.98. The standard InChI is InChI=1S/C11H21N3/c1-8(2)9(3)5-12-6-11-10(4)13-7-14-11/h7-9,12H,5-6H2,1-4H3,(H,13,14). The van der Waals surface area contributed by atoms with E-state index >= 15 is 0 Å². The third-order valence-corrected chi connectivity index (χ3v) is 2.83. The molecule has 0 amide bonds. The van der Waals surface area contributed by atoms with Crippen LogP contribution >= 0.6 is 0 Å². The average molecular weight is 195 g/mol. The van der Waals surface area contributed by atoms with Gasteiger partial charge >= 0.3 is 0 Å². The van der Waals surface area contributed by atoms with Gasteiger partial charge in [0.1, 0.15) is 0 Å². The van der Waals surface area contributed by atoms with E-state index in [9.17, 15) is 0 Å². The van der Waals surface area contributed by atoms with Crippen molar-refractivity contribution in [3.8, 4) is 0 Å². The summed E-state index contributed by atoms with van der Waals surface area (Å²) in [6.07, 6.45) is 1.75. The molecule has 0 bridgehead atoms. The zero-order chi connectivity index (χ0) is 10.6. The highest BCUT2D eigenvalue weighted by Crippen LogP contribution is 2.08. The first-order chi connectivity index (χ1) is 6.61. The van der Waals surface area contributed by atoms with E-state index in [0.717, 1.165) is 30.4 Å². The fourth-order valence-electron chi connectivity index (χ4n) is 1.22. The molecule has 0 spiro atoms. The highest BCUT2D eigenvalue weighted by molar-refractivity contribution is 5.07. The van der Waals surface area contributed by atoms with Gasteiger partial charge in [0.05, 0.1) is 12.0 Å². The van der Waals surface area contributed by atoms with Gasteiger partial charge in [0.25, 0.3) is 0 Å². The molecule has 2 N–H and O–H groups in total. The van der Waals surface area contributed by atoms with Crippen molar-refractivity contribution in [3.05, 3.63) is 17.7 Å². The molecular weight excluding hydrogens is 174 g/mol. The normalized spacial score (nSPS) is 13.5. The number of nitrogens with zero attached hydrogens (tertiary/aromatic N) is 1. The molecule has 3 heteroatoms. The van der Waals surface area contributed by atoms with Crippen LogP contribution in [0.25, 0.3) is 0 Å². The second-order valence-corrected chi connectivity index (χ2v) is 4.33. The van der Waals surface area contributed by atoms with Gasteiger partial charge in [0.2, 0.25) is 0 Å². The molecule has 0 saturated heterocycles. The number of nitrogens with one attached hydrogen (secondary N) is 2. The second kappa shape index (κ2) is 5.15. The van der Waals surface area contributed by atoms with Gasteiger partial charge in [-0.3, -0.25) is 0 Å². The molecule has 1 unspecified atom stereocenters. The van der Waals surface area contributed by atoms with Crippen LogP contribution in [0.4, 0.5) is 0 Å². The second-order valence-electron chi connectivity index (χ2n) is 4.33. The number of H-pyrrole nitrogens is 1. The van der Waals surface area contributed by atoms with Gasteiger partial charge in [-0.05, 0) is 25.3 Å². The Balaban J connectivity index is 2.25. The Hall–Kier alpha value is -0.830. The van der Waals surface area contributed by atoms with E-state index in [1.165, 1.54) is 0 Å². The maximum atomic E-state index is 4.24. The first-order valence-corrected chi connectivity index (χ1v) is 5.30. The van der Waals surface area contributed by atoms with Gasteiger partial charge in [0, 0.05) is 12.2 Å². The fraction of sp³-hybridized carbons (Fsp3) is 0.727. The summed E-state index contributed by atoms with van der Waals surface area (Å²) in [6, 6.07) is 0. The lowest BCUT2D eigenvalue weighted by Crippen LogP contribution is -2.24. The van der Waals surface area contributed by atoms with Crippen LogP contribution in [0.5, 0.6) is 0 Å². The van der Waals surface area contributed by atoms with Crippen LogP contribution < -0.4 is 5.32 Å². The predicted octanol–water partition coefficient (Wildman–Crippen LogP) is 2.10. The van der Waals surface area contributed by atoms with Crippen LogP contribution in [0.15, 0.2) is 6.33 Å². The molecule has 0 aliphatic carbocycles. The molecule has 0 radical (unpaired) electrons. The highest BCUT2D eigenvalue weighted by Gasteiger charge is 2.06. The van der Waals surface area contributed by atoms with Gasteiger partial charge in [-0.2, -0.15) is 0 Å². The Morgan fingerprint density at radius 3 is 2.64 bits per heavy atom. The molecule has 0 aliphatic rings. The molecule has 1 atom stereocenters. The number of aromatic nitrogens is 2. The summed E-state index contributed by atoms with van der Waals surface area (Å²) in [5.41, 5.74) is 2.29. The van der Waals surface area contributed by atoms with E-state index in [1.807, 2.05) is 0 Å². The molecule has 3 nitrogen and oxygen atoms in total. The zero-order valence-electron chi connectivity index (χ0n) is 9.59. The number of hydrogen-bond donors (Lipinski definition) is 2. The van der Waals surface area contributed by atoms with Crippen LogP contribution in [0.3, 0.4) is 0 Å². The van der Waals surface area contributed by atoms with Gasteiger partial charge in [-0.1, -0.05) is 20.8 Å². The van der Waals surface area contributed by atoms with Crippen molar-refractivity contribution in [2.45, 2.75) is 34.2 Å². The van der Waals surface area contributed by atoms with Crippen molar-refractivity contribution in [2.75, 3.05) is 6.54 Å². The van der Waals surface area contributed by atoms with E-state index in [1.54, 1.807) is 6.33 Å². The monoisotopic (exact) mass is 195 g/mol. The maximum absolute atomic E-state index is 4.24. The topological polar surface area (TPSA) is 40.7 Å². The minimum Gasteiger partial charge on any atom is -0.348 e. The highest BCUT2D eigenvalue weighted by atomic mass is 14.9. The molecule has 0 saturated carbocycles. The van der Waals surface area contributed by atoms with E-state index in [4.69, 9.17) is 0 Å². The van der Waals surface area contributed by atoms with Gasteiger partial charge in [-0.15, -0.1) is 0 Å². The zero-order valence-corrected chi connectivity index (χ0v) is 9.59. The lowest BCUT2D eigenvalue weighted by Gasteiger charge is -2.15. The van der Waals surface area contributed by atoms with E-state index in [-0.39, 0.29) is 0 Å². The number of aryl methyl sites for hydroxylation is 1. The van der Waals surface area contributed by atoms with Gasteiger partial charge in [-0.25, -0.2) is 4.98 Å². The van der Waals surface area contributed by atoms with Crippen molar-refractivity contribution in [1.29, 1.82) is 0 Å². The first kappa shape index (κ1) is 11.2. The number of aromatic amines is 1. The van der Waals surface area contributed by atoms with Crippen molar-refractivity contribution >= 4 is 0 Å². The fourth-order valence-corrected chi connectivity index (χ4v) is 1.22. The first-order valence-electron chi connectivity index (χ1n) is 5.30. The average Bonchev–Trinajstić information content (AvgIpc) is 2.51. The summed E-state index contributed by atoms with van der Waals surface area (Å²) in [5.74, 6) is 1.46. The van der Waals surface area contributed by atoms with Gasteiger partial charge < -0.3 is 10.3 Å². The van der Waals surface area contributed by atoms with Crippen LogP contribution in [-0.2, 0) is 6.54 Å². The molecule has 0 aromatic carbocycles. The van der Waals surface area contributed by atoms with Crippen molar-refractivity contribution in [3.63, 3.8) is 0 Å². The SMILES string of the molecule is Cc1[nH]cnc1CNCC(C)C(C)C. The molecule has 1 heterocycles. The molecule has 1 aromatic heterocycles. The third kappa shape index (κ3) is 3.14. The Morgan fingerprint density at radius 1 is 1.43 bits per heavy atom. The summed E-state index contributed by atoms with van der Waals surface area (Å²) >= 11 is 0. The smallest absolute Gasteiger partial charge is 0.0925 e. The molecule has 1 aromatic rings. The lowest BCUT2D eigenvalue weighted by molar-refractivity contribution is 0.391. The molecule has 0 aliphatic heterocycles. The van der Waals surface area contributed by atoms with Crippen LogP contribution in [0.1, 0.15) is 32.2 Å². The Morgan fingerprint density at radius 2 is 2.14 bits per heavy atom. The molecule has 1 rings (SSSR count).